The lowest BCUT2D eigenvalue weighted by Gasteiger charge is -2.29. The third-order valence-corrected chi connectivity index (χ3v) is 5.18. The summed E-state index contributed by atoms with van der Waals surface area (Å²) >= 11 is 0. The predicted octanol–water partition coefficient (Wildman–Crippen LogP) is 6.56. The summed E-state index contributed by atoms with van der Waals surface area (Å²) in [7, 11) is 0. The van der Waals surface area contributed by atoms with Crippen LogP contribution in [0.2, 0.25) is 0 Å². The van der Waals surface area contributed by atoms with E-state index in [1.54, 1.807) is 0 Å². The number of hydrogen-bond donors (Lipinski definition) is 0. The van der Waals surface area contributed by atoms with Crippen molar-refractivity contribution in [2.75, 3.05) is 6.61 Å². The lowest BCUT2D eigenvalue weighted by Crippen LogP contribution is -2.26. The summed E-state index contributed by atoms with van der Waals surface area (Å²) in [6, 6.07) is 2.61. The average Bonchev–Trinajstić information content (AvgIpc) is 2.65. The highest BCUT2D eigenvalue weighted by Crippen LogP contribution is 2.39. The summed E-state index contributed by atoms with van der Waals surface area (Å²) in [5.74, 6) is -5.83. The van der Waals surface area contributed by atoms with Crippen molar-refractivity contribution in [3.8, 4) is 5.75 Å². The number of benzene rings is 2. The standard InChI is InChI=1S/C21H20F6O2/c1-3-12-4-5-19(28-10-12)13-6-17(24)20(18(25)7-13)21(26,27)29-14-8-15(22)11(2)16(23)9-14/h6-9,12,19H,3-5,10H2,1-2H3. The maximum Gasteiger partial charge on any atom is 0.432 e. The number of rotatable bonds is 5. The summed E-state index contributed by atoms with van der Waals surface area (Å²) in [5.41, 5.74) is -1.91. The molecule has 3 rings (SSSR count). The van der Waals surface area contributed by atoms with Gasteiger partial charge in [-0.15, -0.1) is 0 Å². The van der Waals surface area contributed by atoms with Crippen molar-refractivity contribution in [1.82, 2.24) is 0 Å². The van der Waals surface area contributed by atoms with E-state index in [2.05, 4.69) is 4.74 Å². The van der Waals surface area contributed by atoms with Crippen LogP contribution in [-0.4, -0.2) is 6.61 Å². The molecule has 1 fully saturated rings. The van der Waals surface area contributed by atoms with E-state index in [4.69, 9.17) is 4.74 Å². The molecule has 2 nitrogen and oxygen atoms in total. The van der Waals surface area contributed by atoms with Crippen molar-refractivity contribution >= 4 is 0 Å². The molecule has 8 heteroatoms. The van der Waals surface area contributed by atoms with E-state index in [1.807, 2.05) is 6.92 Å². The van der Waals surface area contributed by atoms with Crippen molar-refractivity contribution in [2.24, 2.45) is 5.92 Å². The molecule has 0 aliphatic carbocycles. The van der Waals surface area contributed by atoms with Gasteiger partial charge in [-0.3, -0.25) is 0 Å². The molecule has 2 aromatic carbocycles. The predicted molar refractivity (Wildman–Crippen MR) is 93.7 cm³/mol. The Labute approximate surface area is 164 Å². The van der Waals surface area contributed by atoms with Gasteiger partial charge in [0.1, 0.15) is 34.6 Å². The number of ether oxygens (including phenoxy) is 2. The zero-order valence-corrected chi connectivity index (χ0v) is 15.9. The van der Waals surface area contributed by atoms with Gasteiger partial charge >= 0.3 is 6.11 Å². The molecule has 2 unspecified atom stereocenters. The normalized spacial score (nSPS) is 20.0. The average molecular weight is 418 g/mol. The van der Waals surface area contributed by atoms with E-state index in [9.17, 15) is 26.3 Å². The Morgan fingerprint density at radius 1 is 0.966 bits per heavy atom. The molecule has 0 aromatic heterocycles. The Hall–Kier alpha value is -2.22. The Balaban J connectivity index is 1.86. The van der Waals surface area contributed by atoms with Crippen LogP contribution < -0.4 is 4.74 Å². The number of halogens is 6. The highest BCUT2D eigenvalue weighted by atomic mass is 19.3. The molecular formula is C21H20F6O2. The summed E-state index contributed by atoms with van der Waals surface area (Å²) in [6.45, 7) is 3.55. The van der Waals surface area contributed by atoms with Gasteiger partial charge in [0.05, 0.1) is 12.7 Å². The van der Waals surface area contributed by atoms with Crippen LogP contribution in [0.3, 0.4) is 0 Å². The molecule has 1 aliphatic rings. The van der Waals surface area contributed by atoms with E-state index < -0.39 is 46.8 Å². The second-order valence-corrected chi connectivity index (χ2v) is 7.16. The Kier molecular flexibility index (Phi) is 6.12. The lowest BCUT2D eigenvalue weighted by atomic mass is 9.92. The van der Waals surface area contributed by atoms with Crippen molar-refractivity contribution in [3.63, 3.8) is 0 Å². The van der Waals surface area contributed by atoms with Crippen LogP contribution in [0.15, 0.2) is 24.3 Å². The molecule has 29 heavy (non-hydrogen) atoms. The minimum absolute atomic E-state index is 0.113. The van der Waals surface area contributed by atoms with E-state index in [0.717, 1.165) is 31.9 Å². The van der Waals surface area contributed by atoms with Crippen LogP contribution in [0.1, 0.15) is 49.0 Å². The van der Waals surface area contributed by atoms with Gasteiger partial charge < -0.3 is 9.47 Å². The molecule has 2 aromatic rings. The summed E-state index contributed by atoms with van der Waals surface area (Å²) in [4.78, 5) is 0. The first-order valence-corrected chi connectivity index (χ1v) is 9.25. The third kappa shape index (κ3) is 4.52. The van der Waals surface area contributed by atoms with Gasteiger partial charge in [0.15, 0.2) is 0 Å². The molecule has 0 radical (unpaired) electrons. The number of hydrogen-bond acceptors (Lipinski definition) is 2. The van der Waals surface area contributed by atoms with Gasteiger partial charge in [0, 0.05) is 17.7 Å². The first-order chi connectivity index (χ1) is 13.6. The van der Waals surface area contributed by atoms with Crippen molar-refractivity contribution < 1.29 is 35.8 Å². The van der Waals surface area contributed by atoms with Gasteiger partial charge in [-0.1, -0.05) is 13.3 Å². The Morgan fingerprint density at radius 3 is 2.03 bits per heavy atom. The second-order valence-electron chi connectivity index (χ2n) is 7.16. The van der Waals surface area contributed by atoms with Gasteiger partial charge in [-0.05, 0) is 43.4 Å². The zero-order chi connectivity index (χ0) is 21.3. The van der Waals surface area contributed by atoms with Gasteiger partial charge in [-0.25, -0.2) is 17.6 Å². The fourth-order valence-corrected chi connectivity index (χ4v) is 3.33. The lowest BCUT2D eigenvalue weighted by molar-refractivity contribution is -0.189. The summed E-state index contributed by atoms with van der Waals surface area (Å²) < 4.78 is 94.7. The van der Waals surface area contributed by atoms with Crippen molar-refractivity contribution in [1.29, 1.82) is 0 Å². The second kappa shape index (κ2) is 8.26. The van der Waals surface area contributed by atoms with E-state index in [0.29, 0.717) is 31.1 Å². The molecule has 0 bridgehead atoms. The molecule has 0 amide bonds. The largest absolute Gasteiger partial charge is 0.432 e. The Morgan fingerprint density at radius 2 is 1.55 bits per heavy atom. The molecule has 0 saturated carbocycles. The van der Waals surface area contributed by atoms with Gasteiger partial charge in [0.2, 0.25) is 0 Å². The Bertz CT molecular complexity index is 845. The smallest absolute Gasteiger partial charge is 0.429 e. The summed E-state index contributed by atoms with van der Waals surface area (Å²) in [6.07, 6.45) is -2.84. The maximum absolute atomic E-state index is 14.4. The SMILES string of the molecule is CCC1CCC(c2cc(F)c(C(F)(F)Oc3cc(F)c(C)c(F)c3)c(F)c2)OC1. The van der Waals surface area contributed by atoms with Crippen LogP contribution in [0.4, 0.5) is 26.3 Å². The highest BCUT2D eigenvalue weighted by Gasteiger charge is 2.42. The monoisotopic (exact) mass is 418 g/mol. The summed E-state index contributed by atoms with van der Waals surface area (Å²) in [5, 5.41) is 0. The van der Waals surface area contributed by atoms with Crippen LogP contribution in [0.25, 0.3) is 0 Å². The topological polar surface area (TPSA) is 18.5 Å². The van der Waals surface area contributed by atoms with Gasteiger partial charge in [0.25, 0.3) is 0 Å². The van der Waals surface area contributed by atoms with Crippen LogP contribution in [-0.2, 0) is 10.8 Å². The molecule has 2 atom stereocenters. The highest BCUT2D eigenvalue weighted by molar-refractivity contribution is 5.33. The molecule has 1 aliphatic heterocycles. The molecular weight excluding hydrogens is 398 g/mol. The quantitative estimate of drug-likeness (QED) is 0.512. The zero-order valence-electron chi connectivity index (χ0n) is 15.9. The van der Waals surface area contributed by atoms with Crippen LogP contribution >= 0.6 is 0 Å². The van der Waals surface area contributed by atoms with E-state index in [-0.39, 0.29) is 11.1 Å². The third-order valence-electron chi connectivity index (χ3n) is 5.18. The van der Waals surface area contributed by atoms with Crippen molar-refractivity contribution in [2.45, 2.75) is 45.3 Å². The molecule has 158 valence electrons. The molecule has 0 N–H and O–H groups in total. The van der Waals surface area contributed by atoms with Crippen molar-refractivity contribution in [3.05, 3.63) is 64.2 Å². The van der Waals surface area contributed by atoms with Gasteiger partial charge in [-0.2, -0.15) is 8.78 Å². The molecule has 0 spiro atoms. The first-order valence-electron chi connectivity index (χ1n) is 9.25. The molecule has 1 heterocycles. The van der Waals surface area contributed by atoms with Crippen LogP contribution in [0.5, 0.6) is 5.75 Å². The fourth-order valence-electron chi connectivity index (χ4n) is 3.33. The maximum atomic E-state index is 14.4. The van der Waals surface area contributed by atoms with E-state index >= 15 is 0 Å². The van der Waals surface area contributed by atoms with E-state index in [1.165, 1.54) is 0 Å². The number of alkyl halides is 2. The minimum Gasteiger partial charge on any atom is -0.429 e. The van der Waals surface area contributed by atoms with Crippen LogP contribution in [0, 0.1) is 36.1 Å². The minimum atomic E-state index is -4.48. The molecule has 1 saturated heterocycles. The fraction of sp³-hybridized carbons (Fsp3) is 0.429. The first kappa shape index (κ1) is 21.5.